The summed E-state index contributed by atoms with van der Waals surface area (Å²) >= 11 is 2.35. The highest BCUT2D eigenvalue weighted by molar-refractivity contribution is 14.1. The summed E-state index contributed by atoms with van der Waals surface area (Å²) in [5.41, 5.74) is 2.35. The summed E-state index contributed by atoms with van der Waals surface area (Å²) in [6, 6.07) is 10.8. The molecule has 0 amide bonds. The molecule has 2 aromatic rings. The number of aromatic nitrogens is 2. The molecule has 96 valence electrons. The fraction of sp³-hybridized carbons (Fsp3) is 0.357. The lowest BCUT2D eigenvalue weighted by Crippen LogP contribution is -2.23. The van der Waals surface area contributed by atoms with Crippen LogP contribution in [0.1, 0.15) is 30.6 Å². The summed E-state index contributed by atoms with van der Waals surface area (Å²) in [5.74, 6) is 0. The molecule has 1 N–H and O–H groups in total. The van der Waals surface area contributed by atoms with Crippen molar-refractivity contribution >= 4 is 22.6 Å². The van der Waals surface area contributed by atoms with Gasteiger partial charge in [0.2, 0.25) is 0 Å². The first-order valence-electron chi connectivity index (χ1n) is 6.19. The Balaban J connectivity index is 2.30. The maximum atomic E-state index is 4.52. The highest BCUT2D eigenvalue weighted by atomic mass is 127. The van der Waals surface area contributed by atoms with Crippen molar-refractivity contribution in [3.8, 4) is 0 Å². The second kappa shape index (κ2) is 6.33. The van der Waals surface area contributed by atoms with Gasteiger partial charge in [0.25, 0.3) is 0 Å². The van der Waals surface area contributed by atoms with Crippen molar-refractivity contribution in [3.05, 3.63) is 51.4 Å². The normalized spacial score (nSPS) is 12.6. The molecule has 0 bridgehead atoms. The van der Waals surface area contributed by atoms with E-state index in [1.807, 2.05) is 17.9 Å². The quantitative estimate of drug-likeness (QED) is 0.836. The van der Waals surface area contributed by atoms with E-state index < -0.39 is 0 Å². The van der Waals surface area contributed by atoms with E-state index in [1.54, 1.807) is 0 Å². The van der Waals surface area contributed by atoms with Crippen LogP contribution in [0.5, 0.6) is 0 Å². The van der Waals surface area contributed by atoms with E-state index in [0.29, 0.717) is 0 Å². The molecule has 0 aliphatic carbocycles. The molecule has 1 aromatic carbocycles. The third-order valence-electron chi connectivity index (χ3n) is 2.81. The highest BCUT2D eigenvalue weighted by Gasteiger charge is 2.15. The summed E-state index contributed by atoms with van der Waals surface area (Å²) in [7, 11) is 1.95. The van der Waals surface area contributed by atoms with Gasteiger partial charge in [-0.2, -0.15) is 5.10 Å². The number of rotatable bonds is 5. The van der Waals surface area contributed by atoms with Gasteiger partial charge >= 0.3 is 0 Å². The van der Waals surface area contributed by atoms with E-state index >= 15 is 0 Å². The lowest BCUT2D eigenvalue weighted by molar-refractivity contribution is 0.575. The summed E-state index contributed by atoms with van der Waals surface area (Å²) in [4.78, 5) is 0. The zero-order valence-electron chi connectivity index (χ0n) is 10.7. The Hall–Kier alpha value is -0.880. The molecular weight excluding hydrogens is 337 g/mol. The number of benzene rings is 1. The van der Waals surface area contributed by atoms with Crippen LogP contribution < -0.4 is 5.32 Å². The predicted molar refractivity (Wildman–Crippen MR) is 82.5 cm³/mol. The second-order valence-electron chi connectivity index (χ2n) is 4.36. The number of halogens is 1. The van der Waals surface area contributed by atoms with Gasteiger partial charge < -0.3 is 5.32 Å². The van der Waals surface area contributed by atoms with Gasteiger partial charge in [-0.3, -0.25) is 4.68 Å². The predicted octanol–water partition coefficient (Wildman–Crippen LogP) is 3.11. The van der Waals surface area contributed by atoms with Crippen LogP contribution in [-0.4, -0.2) is 16.3 Å². The van der Waals surface area contributed by atoms with Gasteiger partial charge in [-0.25, -0.2) is 0 Å². The van der Waals surface area contributed by atoms with Crippen molar-refractivity contribution in [3.63, 3.8) is 0 Å². The van der Waals surface area contributed by atoms with Crippen LogP contribution in [0.25, 0.3) is 0 Å². The maximum absolute atomic E-state index is 4.52. The standard InChI is InChI=1S/C14H18IN3/c1-3-8-16-14(13-7-9-18(2)17-13)11-5-4-6-12(15)10-11/h4-7,9-10,14,16H,3,8H2,1-2H3. The Morgan fingerprint density at radius 1 is 1.39 bits per heavy atom. The molecule has 1 unspecified atom stereocenters. The lowest BCUT2D eigenvalue weighted by Gasteiger charge is -2.17. The van der Waals surface area contributed by atoms with Gasteiger partial charge in [0.05, 0.1) is 11.7 Å². The fourth-order valence-electron chi connectivity index (χ4n) is 1.96. The van der Waals surface area contributed by atoms with Crippen LogP contribution in [-0.2, 0) is 7.05 Å². The van der Waals surface area contributed by atoms with E-state index in [1.165, 1.54) is 9.13 Å². The van der Waals surface area contributed by atoms with E-state index in [4.69, 9.17) is 0 Å². The number of aryl methyl sites for hydroxylation is 1. The van der Waals surface area contributed by atoms with Crippen molar-refractivity contribution in [2.24, 2.45) is 7.05 Å². The van der Waals surface area contributed by atoms with Crippen molar-refractivity contribution < 1.29 is 0 Å². The summed E-state index contributed by atoms with van der Waals surface area (Å²) in [6.45, 7) is 3.17. The van der Waals surface area contributed by atoms with E-state index in [-0.39, 0.29) is 6.04 Å². The van der Waals surface area contributed by atoms with E-state index in [2.05, 4.69) is 70.3 Å². The van der Waals surface area contributed by atoms with Crippen LogP contribution in [0.4, 0.5) is 0 Å². The molecule has 3 nitrogen and oxygen atoms in total. The average Bonchev–Trinajstić information content (AvgIpc) is 2.76. The highest BCUT2D eigenvalue weighted by Crippen LogP contribution is 2.22. The van der Waals surface area contributed by atoms with Crippen LogP contribution in [0.2, 0.25) is 0 Å². The van der Waals surface area contributed by atoms with Gasteiger partial charge in [-0.1, -0.05) is 19.1 Å². The van der Waals surface area contributed by atoms with Crippen molar-refractivity contribution in [1.29, 1.82) is 0 Å². The molecule has 1 heterocycles. The molecule has 1 atom stereocenters. The van der Waals surface area contributed by atoms with Crippen LogP contribution in [0.3, 0.4) is 0 Å². The number of hydrogen-bond donors (Lipinski definition) is 1. The molecule has 2 rings (SSSR count). The Morgan fingerprint density at radius 2 is 2.22 bits per heavy atom. The zero-order chi connectivity index (χ0) is 13.0. The van der Waals surface area contributed by atoms with Gasteiger partial charge in [0.1, 0.15) is 0 Å². The SMILES string of the molecule is CCCNC(c1cccc(I)c1)c1ccn(C)n1. The van der Waals surface area contributed by atoms with E-state index in [0.717, 1.165) is 18.7 Å². The molecule has 0 saturated heterocycles. The van der Waals surface area contributed by atoms with Gasteiger partial charge in [-0.05, 0) is 59.3 Å². The smallest absolute Gasteiger partial charge is 0.0839 e. The van der Waals surface area contributed by atoms with Gasteiger partial charge in [0.15, 0.2) is 0 Å². The Labute approximate surface area is 122 Å². The first-order chi connectivity index (χ1) is 8.70. The maximum Gasteiger partial charge on any atom is 0.0839 e. The third kappa shape index (κ3) is 3.32. The minimum Gasteiger partial charge on any atom is -0.305 e. The summed E-state index contributed by atoms with van der Waals surface area (Å²) in [6.07, 6.45) is 3.11. The van der Waals surface area contributed by atoms with Crippen molar-refractivity contribution in [2.75, 3.05) is 6.54 Å². The molecule has 0 radical (unpaired) electrons. The zero-order valence-corrected chi connectivity index (χ0v) is 12.9. The molecular formula is C14H18IN3. The van der Waals surface area contributed by atoms with Crippen LogP contribution >= 0.6 is 22.6 Å². The van der Waals surface area contributed by atoms with Crippen molar-refractivity contribution in [2.45, 2.75) is 19.4 Å². The first kappa shape index (κ1) is 13.5. The average molecular weight is 355 g/mol. The third-order valence-corrected chi connectivity index (χ3v) is 3.48. The molecule has 0 aliphatic heterocycles. The number of hydrogen-bond acceptors (Lipinski definition) is 2. The molecule has 18 heavy (non-hydrogen) atoms. The second-order valence-corrected chi connectivity index (χ2v) is 5.60. The number of nitrogens with one attached hydrogen (secondary N) is 1. The largest absolute Gasteiger partial charge is 0.305 e. The van der Waals surface area contributed by atoms with Gasteiger partial charge in [-0.15, -0.1) is 0 Å². The van der Waals surface area contributed by atoms with Crippen LogP contribution in [0.15, 0.2) is 36.5 Å². The number of nitrogens with zero attached hydrogens (tertiary/aromatic N) is 2. The summed E-state index contributed by atoms with van der Waals surface area (Å²) < 4.78 is 3.11. The first-order valence-corrected chi connectivity index (χ1v) is 7.27. The van der Waals surface area contributed by atoms with Crippen molar-refractivity contribution in [1.82, 2.24) is 15.1 Å². The van der Waals surface area contributed by atoms with E-state index in [9.17, 15) is 0 Å². The monoisotopic (exact) mass is 355 g/mol. The Bertz CT molecular complexity index is 507. The lowest BCUT2D eigenvalue weighted by atomic mass is 10.0. The topological polar surface area (TPSA) is 29.9 Å². The molecule has 4 heteroatoms. The van der Waals surface area contributed by atoms with Crippen LogP contribution in [0, 0.1) is 3.57 Å². The minimum absolute atomic E-state index is 0.181. The molecule has 1 aromatic heterocycles. The minimum atomic E-state index is 0.181. The molecule has 0 aliphatic rings. The fourth-order valence-corrected chi connectivity index (χ4v) is 2.52. The van der Waals surface area contributed by atoms with Gasteiger partial charge in [0, 0.05) is 16.8 Å². The molecule has 0 fully saturated rings. The summed E-state index contributed by atoms with van der Waals surface area (Å²) in [5, 5.41) is 8.09. The molecule has 0 spiro atoms. The Morgan fingerprint density at radius 3 is 2.83 bits per heavy atom. The molecule has 0 saturated carbocycles. The Kier molecular flexibility index (Phi) is 4.77.